The van der Waals surface area contributed by atoms with Crippen LogP contribution in [0.1, 0.15) is 190 Å². The van der Waals surface area contributed by atoms with Gasteiger partial charge in [-0.2, -0.15) is 0 Å². The standard InChI is InChI=1S/C45H74O13/c1-8-9-10-11-12-13-14-15-16-20-23-41(55-34(5)48)42(56-35(6)49)26-27-43(57-36(7)50)44-25-24-40(58-44)30-39(54-33(4)47)22-19-17-18-21-38(53-32(3)46)29-37-28-31(2)52-45(37)51/h28,31,38-44H,8-27,29-30H2,1-7H3/t31-,38+,39+,40-,41?,42?,43-,44-/m0/s1. The van der Waals surface area contributed by atoms with Crippen molar-refractivity contribution in [3.63, 3.8) is 0 Å². The number of ether oxygens (including phenoxy) is 7. The molecule has 2 aliphatic heterocycles. The molecule has 2 unspecified atom stereocenters. The highest BCUT2D eigenvalue weighted by Gasteiger charge is 2.37. The van der Waals surface area contributed by atoms with Crippen LogP contribution in [0.25, 0.3) is 0 Å². The largest absolute Gasteiger partial charge is 0.462 e. The van der Waals surface area contributed by atoms with Crippen LogP contribution in [0, 0.1) is 0 Å². The van der Waals surface area contributed by atoms with Crippen LogP contribution in [0.2, 0.25) is 0 Å². The van der Waals surface area contributed by atoms with E-state index in [4.69, 9.17) is 33.2 Å². The maximum atomic E-state index is 12.3. The Morgan fingerprint density at radius 2 is 1.09 bits per heavy atom. The van der Waals surface area contributed by atoms with Crippen LogP contribution in [0.5, 0.6) is 0 Å². The average Bonchev–Trinajstić information content (AvgIpc) is 3.72. The summed E-state index contributed by atoms with van der Waals surface area (Å²) < 4.78 is 40.0. The van der Waals surface area contributed by atoms with Crippen molar-refractivity contribution >= 4 is 35.8 Å². The number of hydrogen-bond donors (Lipinski definition) is 0. The summed E-state index contributed by atoms with van der Waals surface area (Å²) in [6.07, 6.45) is 16.6. The fourth-order valence-corrected chi connectivity index (χ4v) is 8.08. The van der Waals surface area contributed by atoms with Gasteiger partial charge >= 0.3 is 35.8 Å². The number of carbonyl (C=O) groups excluding carboxylic acids is 6. The summed E-state index contributed by atoms with van der Waals surface area (Å²) in [6, 6.07) is 0. The number of cyclic esters (lactones) is 1. The van der Waals surface area contributed by atoms with Crippen LogP contribution >= 0.6 is 0 Å². The van der Waals surface area contributed by atoms with E-state index in [0.717, 1.165) is 38.5 Å². The van der Waals surface area contributed by atoms with E-state index < -0.39 is 54.4 Å². The summed E-state index contributed by atoms with van der Waals surface area (Å²) in [4.78, 5) is 72.5. The molecule has 8 atom stereocenters. The summed E-state index contributed by atoms with van der Waals surface area (Å²) in [5.74, 6) is -2.53. The van der Waals surface area contributed by atoms with Crippen molar-refractivity contribution in [2.75, 3.05) is 0 Å². The van der Waals surface area contributed by atoms with Gasteiger partial charge in [-0.1, -0.05) is 71.1 Å². The number of unbranched alkanes of at least 4 members (excludes halogenated alkanes) is 11. The lowest BCUT2D eigenvalue weighted by molar-refractivity contribution is -0.169. The van der Waals surface area contributed by atoms with Crippen molar-refractivity contribution in [3.8, 4) is 0 Å². The molecule has 0 amide bonds. The number of hydrogen-bond acceptors (Lipinski definition) is 13. The third-order valence-corrected chi connectivity index (χ3v) is 10.7. The summed E-state index contributed by atoms with van der Waals surface area (Å²) in [6.45, 7) is 10.8. The van der Waals surface area contributed by atoms with E-state index in [1.165, 1.54) is 79.6 Å². The van der Waals surface area contributed by atoms with Crippen molar-refractivity contribution < 1.29 is 61.9 Å². The lowest BCUT2D eigenvalue weighted by Gasteiger charge is -2.29. The molecular weight excluding hydrogens is 748 g/mol. The molecule has 0 aromatic rings. The molecule has 2 aliphatic rings. The Morgan fingerprint density at radius 1 is 0.603 bits per heavy atom. The molecule has 0 saturated carbocycles. The fraction of sp³-hybridized carbons (Fsp3) is 0.822. The zero-order valence-electron chi connectivity index (χ0n) is 36.6. The average molecular weight is 823 g/mol. The Bertz CT molecular complexity index is 1290. The Kier molecular flexibility index (Phi) is 25.2. The van der Waals surface area contributed by atoms with Gasteiger partial charge in [-0.3, -0.25) is 24.0 Å². The molecular formula is C45H74O13. The van der Waals surface area contributed by atoms with Gasteiger partial charge in [-0.05, 0) is 77.2 Å². The van der Waals surface area contributed by atoms with Crippen LogP contribution < -0.4 is 0 Å². The predicted octanol–water partition coefficient (Wildman–Crippen LogP) is 8.89. The van der Waals surface area contributed by atoms with Gasteiger partial charge in [0.05, 0.1) is 12.2 Å². The monoisotopic (exact) mass is 823 g/mol. The maximum absolute atomic E-state index is 12.3. The molecule has 2 rings (SSSR count). The summed E-state index contributed by atoms with van der Waals surface area (Å²) in [7, 11) is 0. The first-order valence-electron chi connectivity index (χ1n) is 22.1. The summed E-state index contributed by atoms with van der Waals surface area (Å²) in [5, 5.41) is 0. The zero-order chi connectivity index (χ0) is 42.9. The molecule has 0 bridgehead atoms. The van der Waals surface area contributed by atoms with E-state index in [1.54, 1.807) is 13.0 Å². The molecule has 0 aromatic carbocycles. The minimum absolute atomic E-state index is 0.225. The Labute approximate surface area is 347 Å². The molecule has 13 heteroatoms. The second-order valence-corrected chi connectivity index (χ2v) is 16.2. The van der Waals surface area contributed by atoms with Crippen LogP contribution in [0.4, 0.5) is 0 Å². The third-order valence-electron chi connectivity index (χ3n) is 10.7. The van der Waals surface area contributed by atoms with Crippen molar-refractivity contribution in [2.24, 2.45) is 0 Å². The zero-order valence-corrected chi connectivity index (χ0v) is 36.6. The minimum Gasteiger partial charge on any atom is -0.462 e. The van der Waals surface area contributed by atoms with E-state index in [2.05, 4.69) is 6.92 Å². The fourth-order valence-electron chi connectivity index (χ4n) is 8.08. The van der Waals surface area contributed by atoms with Gasteiger partial charge in [0.2, 0.25) is 0 Å². The smallest absolute Gasteiger partial charge is 0.334 e. The first-order chi connectivity index (χ1) is 27.7. The minimum atomic E-state index is -0.701. The Morgan fingerprint density at radius 3 is 1.62 bits per heavy atom. The van der Waals surface area contributed by atoms with Crippen molar-refractivity contribution in [3.05, 3.63) is 11.6 Å². The molecule has 332 valence electrons. The molecule has 0 aromatic heterocycles. The van der Waals surface area contributed by atoms with E-state index in [9.17, 15) is 28.8 Å². The Balaban J connectivity index is 1.93. The van der Waals surface area contributed by atoms with Crippen molar-refractivity contribution in [1.82, 2.24) is 0 Å². The molecule has 13 nitrogen and oxygen atoms in total. The highest BCUT2D eigenvalue weighted by Crippen LogP contribution is 2.32. The van der Waals surface area contributed by atoms with E-state index in [0.29, 0.717) is 63.4 Å². The van der Waals surface area contributed by atoms with Crippen LogP contribution in [0.3, 0.4) is 0 Å². The molecule has 58 heavy (non-hydrogen) atoms. The lowest BCUT2D eigenvalue weighted by atomic mass is 9.97. The van der Waals surface area contributed by atoms with Gasteiger partial charge < -0.3 is 33.2 Å². The van der Waals surface area contributed by atoms with Gasteiger partial charge in [-0.15, -0.1) is 0 Å². The summed E-state index contributed by atoms with van der Waals surface area (Å²) in [5.41, 5.74) is 0.523. The molecule has 1 saturated heterocycles. The Hall–Kier alpha value is -3.48. The van der Waals surface area contributed by atoms with Gasteiger partial charge in [0.1, 0.15) is 36.6 Å². The van der Waals surface area contributed by atoms with E-state index in [-0.39, 0.29) is 30.3 Å². The second-order valence-electron chi connectivity index (χ2n) is 16.2. The summed E-state index contributed by atoms with van der Waals surface area (Å²) >= 11 is 0. The van der Waals surface area contributed by atoms with Crippen LogP contribution in [-0.4, -0.2) is 84.6 Å². The normalized spacial score (nSPS) is 20.2. The number of rotatable bonds is 31. The highest BCUT2D eigenvalue weighted by atomic mass is 16.6. The lowest BCUT2D eigenvalue weighted by Crippen LogP contribution is -2.38. The van der Waals surface area contributed by atoms with E-state index >= 15 is 0 Å². The van der Waals surface area contributed by atoms with Gasteiger partial charge in [-0.25, -0.2) is 4.79 Å². The van der Waals surface area contributed by atoms with Gasteiger partial charge in [0, 0.05) is 53.0 Å². The SMILES string of the molecule is CCCCCCCCCCCCC(OC(C)=O)C(CC[C@H](OC(C)=O)[C@@H]1CC[C@@H](C[C@@H](CCCCC[C@H](CC2=C[C@H](C)OC2=O)OC(C)=O)OC(C)=O)O1)OC(C)=O. The molecule has 2 heterocycles. The second kappa shape index (κ2) is 28.9. The molecule has 0 spiro atoms. The topological polar surface area (TPSA) is 167 Å². The van der Waals surface area contributed by atoms with Crippen molar-refractivity contribution in [2.45, 2.75) is 239 Å². The van der Waals surface area contributed by atoms with Crippen LogP contribution in [0.15, 0.2) is 11.6 Å². The molecule has 0 aliphatic carbocycles. The molecule has 1 fully saturated rings. The maximum Gasteiger partial charge on any atom is 0.334 e. The number of carbonyl (C=O) groups is 6. The third kappa shape index (κ3) is 22.6. The highest BCUT2D eigenvalue weighted by molar-refractivity contribution is 5.91. The predicted molar refractivity (Wildman–Crippen MR) is 217 cm³/mol. The van der Waals surface area contributed by atoms with Gasteiger partial charge in [0.15, 0.2) is 0 Å². The van der Waals surface area contributed by atoms with Gasteiger partial charge in [0.25, 0.3) is 0 Å². The van der Waals surface area contributed by atoms with Crippen LogP contribution in [-0.2, 0) is 61.9 Å². The quantitative estimate of drug-likeness (QED) is 0.0370. The first kappa shape index (κ1) is 50.7. The molecule has 0 radical (unpaired) electrons. The van der Waals surface area contributed by atoms with E-state index in [1.807, 2.05) is 0 Å². The molecule has 0 N–H and O–H groups in total. The van der Waals surface area contributed by atoms with Crippen molar-refractivity contribution in [1.29, 1.82) is 0 Å². The number of esters is 6. The first-order valence-corrected chi connectivity index (χ1v) is 22.1.